The Morgan fingerprint density at radius 1 is 1.18 bits per heavy atom. The Hall–Kier alpha value is -1.43. The van der Waals surface area contributed by atoms with Crippen molar-refractivity contribution in [1.82, 2.24) is 15.1 Å². The number of aliphatic hydroxyl groups is 1. The van der Waals surface area contributed by atoms with Crippen molar-refractivity contribution < 1.29 is 9.90 Å². The van der Waals surface area contributed by atoms with Crippen LogP contribution in [0.4, 0.5) is 0 Å². The van der Waals surface area contributed by atoms with Gasteiger partial charge in [-0.05, 0) is 51.1 Å². The average Bonchev–Trinajstić information content (AvgIpc) is 2.71. The standard InChI is InChI=1S/C23H37N3O2/c1-18(25(2)17-20-10-6-7-11-22(20)27)23(28)24-21-12-14-26(15-13-21)16-19-8-4-3-5-9-19/h3-5,8-9,18,20-22,27H,6-7,10-17H2,1-2H3,(H,24,28). The molecule has 3 unspecified atom stereocenters. The number of benzene rings is 1. The topological polar surface area (TPSA) is 55.8 Å². The van der Waals surface area contributed by atoms with Crippen molar-refractivity contribution in [3.05, 3.63) is 35.9 Å². The molecule has 1 saturated heterocycles. The number of likely N-dealkylation sites (N-methyl/N-ethyl adjacent to an activating group) is 1. The molecule has 2 fully saturated rings. The van der Waals surface area contributed by atoms with Gasteiger partial charge in [-0.1, -0.05) is 43.2 Å². The second-order valence-corrected chi connectivity index (χ2v) is 8.77. The summed E-state index contributed by atoms with van der Waals surface area (Å²) in [5.41, 5.74) is 1.35. The Morgan fingerprint density at radius 2 is 1.86 bits per heavy atom. The van der Waals surface area contributed by atoms with Gasteiger partial charge in [-0.2, -0.15) is 0 Å². The summed E-state index contributed by atoms with van der Waals surface area (Å²) in [7, 11) is 2.01. The smallest absolute Gasteiger partial charge is 0.237 e. The number of amides is 1. The van der Waals surface area contributed by atoms with E-state index in [1.807, 2.05) is 14.0 Å². The molecule has 156 valence electrons. The quantitative estimate of drug-likeness (QED) is 0.755. The first-order valence-corrected chi connectivity index (χ1v) is 11.0. The Balaban J connectivity index is 1.39. The Kier molecular flexibility index (Phi) is 7.89. The Morgan fingerprint density at radius 3 is 2.54 bits per heavy atom. The summed E-state index contributed by atoms with van der Waals surface area (Å²) in [6, 6.07) is 10.7. The fourth-order valence-corrected chi connectivity index (χ4v) is 4.53. The average molecular weight is 388 g/mol. The van der Waals surface area contributed by atoms with Gasteiger partial charge in [0.05, 0.1) is 12.1 Å². The van der Waals surface area contributed by atoms with Gasteiger partial charge in [-0.15, -0.1) is 0 Å². The maximum atomic E-state index is 12.7. The lowest BCUT2D eigenvalue weighted by atomic mass is 9.86. The van der Waals surface area contributed by atoms with Gasteiger partial charge in [0.15, 0.2) is 0 Å². The minimum Gasteiger partial charge on any atom is -0.393 e. The number of carbonyl (C=O) groups is 1. The molecule has 0 aromatic heterocycles. The van der Waals surface area contributed by atoms with E-state index in [1.165, 1.54) is 12.0 Å². The molecule has 3 atom stereocenters. The van der Waals surface area contributed by atoms with Crippen LogP contribution in [0.5, 0.6) is 0 Å². The minimum atomic E-state index is -0.208. The van der Waals surface area contributed by atoms with Gasteiger partial charge in [0, 0.05) is 32.2 Å². The van der Waals surface area contributed by atoms with Crippen LogP contribution in [-0.2, 0) is 11.3 Å². The first-order chi connectivity index (χ1) is 13.5. The van der Waals surface area contributed by atoms with Gasteiger partial charge in [-0.3, -0.25) is 14.6 Å². The lowest BCUT2D eigenvalue weighted by molar-refractivity contribution is -0.127. The van der Waals surface area contributed by atoms with Crippen LogP contribution < -0.4 is 5.32 Å². The fourth-order valence-electron chi connectivity index (χ4n) is 4.53. The number of nitrogens with one attached hydrogen (secondary N) is 1. The molecule has 2 N–H and O–H groups in total. The predicted octanol–water partition coefficient (Wildman–Crippen LogP) is 2.64. The monoisotopic (exact) mass is 387 g/mol. The molecule has 3 rings (SSSR count). The minimum absolute atomic E-state index is 0.120. The molecule has 1 amide bonds. The van der Waals surface area contributed by atoms with Crippen LogP contribution in [-0.4, -0.2) is 65.7 Å². The van der Waals surface area contributed by atoms with Crippen LogP contribution in [0.15, 0.2) is 30.3 Å². The molecule has 5 heteroatoms. The van der Waals surface area contributed by atoms with Crippen molar-refractivity contribution in [2.45, 2.75) is 70.2 Å². The maximum absolute atomic E-state index is 12.7. The summed E-state index contributed by atoms with van der Waals surface area (Å²) in [6.07, 6.45) is 6.10. The molecular weight excluding hydrogens is 350 g/mol. The predicted molar refractivity (Wildman–Crippen MR) is 113 cm³/mol. The highest BCUT2D eigenvalue weighted by atomic mass is 16.3. The highest BCUT2D eigenvalue weighted by Crippen LogP contribution is 2.25. The third kappa shape index (κ3) is 6.03. The molecule has 28 heavy (non-hydrogen) atoms. The van der Waals surface area contributed by atoms with Gasteiger partial charge >= 0.3 is 0 Å². The number of aliphatic hydroxyl groups excluding tert-OH is 1. The molecule has 5 nitrogen and oxygen atoms in total. The third-order valence-electron chi connectivity index (χ3n) is 6.62. The summed E-state index contributed by atoms with van der Waals surface area (Å²) >= 11 is 0. The molecule has 0 spiro atoms. The van der Waals surface area contributed by atoms with Crippen LogP contribution in [0.25, 0.3) is 0 Å². The highest BCUT2D eigenvalue weighted by Gasteiger charge is 2.29. The van der Waals surface area contributed by atoms with E-state index in [0.717, 1.165) is 58.3 Å². The number of piperidine rings is 1. The van der Waals surface area contributed by atoms with Crippen LogP contribution >= 0.6 is 0 Å². The van der Waals surface area contributed by atoms with Gasteiger partial charge in [0.25, 0.3) is 0 Å². The number of carbonyl (C=O) groups excluding carboxylic acids is 1. The summed E-state index contributed by atoms with van der Waals surface area (Å²) in [4.78, 5) is 17.3. The zero-order valence-electron chi connectivity index (χ0n) is 17.5. The van der Waals surface area contributed by atoms with Crippen molar-refractivity contribution in [2.75, 3.05) is 26.7 Å². The van der Waals surface area contributed by atoms with Gasteiger partial charge < -0.3 is 10.4 Å². The van der Waals surface area contributed by atoms with Crippen LogP contribution in [0.1, 0.15) is 51.0 Å². The van der Waals surface area contributed by atoms with Crippen molar-refractivity contribution in [3.8, 4) is 0 Å². The van der Waals surface area contributed by atoms with Crippen LogP contribution in [0.2, 0.25) is 0 Å². The second kappa shape index (κ2) is 10.4. The van der Waals surface area contributed by atoms with Crippen LogP contribution in [0, 0.1) is 5.92 Å². The van der Waals surface area contributed by atoms with Crippen molar-refractivity contribution in [1.29, 1.82) is 0 Å². The van der Waals surface area contributed by atoms with Crippen molar-refractivity contribution >= 4 is 5.91 Å². The van der Waals surface area contributed by atoms with E-state index >= 15 is 0 Å². The van der Waals surface area contributed by atoms with Gasteiger partial charge in [-0.25, -0.2) is 0 Å². The maximum Gasteiger partial charge on any atom is 0.237 e. The highest BCUT2D eigenvalue weighted by molar-refractivity contribution is 5.81. The van der Waals surface area contributed by atoms with Crippen LogP contribution in [0.3, 0.4) is 0 Å². The lowest BCUT2D eigenvalue weighted by Crippen LogP contribution is -2.51. The molecule has 0 bridgehead atoms. The number of rotatable bonds is 7. The molecule has 1 aromatic carbocycles. The third-order valence-corrected chi connectivity index (χ3v) is 6.62. The normalized spacial score (nSPS) is 25.6. The first kappa shape index (κ1) is 21.3. The van der Waals surface area contributed by atoms with Crippen molar-refractivity contribution in [3.63, 3.8) is 0 Å². The summed E-state index contributed by atoms with van der Waals surface area (Å²) in [6.45, 7) is 5.82. The Labute approximate surface area is 170 Å². The molecule has 1 aliphatic heterocycles. The number of hydrogen-bond donors (Lipinski definition) is 2. The second-order valence-electron chi connectivity index (χ2n) is 8.77. The molecule has 0 radical (unpaired) electrons. The van der Waals surface area contributed by atoms with Gasteiger partial charge in [0.1, 0.15) is 0 Å². The fraction of sp³-hybridized carbons (Fsp3) is 0.696. The molecule has 1 saturated carbocycles. The molecule has 1 aliphatic carbocycles. The largest absolute Gasteiger partial charge is 0.393 e. The number of nitrogens with zero attached hydrogens (tertiary/aromatic N) is 2. The molecule has 1 aromatic rings. The summed E-state index contributed by atoms with van der Waals surface area (Å²) in [5, 5.41) is 13.5. The summed E-state index contributed by atoms with van der Waals surface area (Å²) in [5.74, 6) is 0.421. The Bertz CT molecular complexity index is 601. The van der Waals surface area contributed by atoms with E-state index in [0.29, 0.717) is 5.92 Å². The first-order valence-electron chi connectivity index (χ1n) is 11.0. The van der Waals surface area contributed by atoms with E-state index < -0.39 is 0 Å². The lowest BCUT2D eigenvalue weighted by Gasteiger charge is -2.35. The zero-order chi connectivity index (χ0) is 19.9. The van der Waals surface area contributed by atoms with E-state index in [9.17, 15) is 9.90 Å². The molecule has 2 aliphatic rings. The van der Waals surface area contributed by atoms with E-state index in [4.69, 9.17) is 0 Å². The van der Waals surface area contributed by atoms with Crippen molar-refractivity contribution in [2.24, 2.45) is 5.92 Å². The molecular formula is C23H37N3O2. The van der Waals surface area contributed by atoms with E-state index in [1.54, 1.807) is 0 Å². The summed E-state index contributed by atoms with van der Waals surface area (Å²) < 4.78 is 0. The SMILES string of the molecule is CC(C(=O)NC1CCN(Cc2ccccc2)CC1)N(C)CC1CCCCC1O. The number of hydrogen-bond acceptors (Lipinski definition) is 4. The van der Waals surface area contributed by atoms with Gasteiger partial charge in [0.2, 0.25) is 5.91 Å². The van der Waals surface area contributed by atoms with E-state index in [2.05, 4.69) is 45.4 Å². The zero-order valence-corrected chi connectivity index (χ0v) is 17.5. The van der Waals surface area contributed by atoms with E-state index in [-0.39, 0.29) is 24.1 Å². The number of likely N-dealkylation sites (tertiary alicyclic amines) is 1. The molecule has 1 heterocycles.